The van der Waals surface area contributed by atoms with E-state index >= 15 is 0 Å². The monoisotopic (exact) mass is 658 g/mol. The molecule has 0 spiro atoms. The van der Waals surface area contributed by atoms with E-state index in [-0.39, 0.29) is 0 Å². The largest absolute Gasteiger partial charge is 0.309 e. The second-order valence-corrected chi connectivity index (χ2v) is 15.0. The number of hydrogen-bond donors (Lipinski definition) is 0. The van der Waals surface area contributed by atoms with E-state index in [1.54, 1.807) is 24.3 Å². The number of para-hydroxylation sites is 1. The van der Waals surface area contributed by atoms with Gasteiger partial charge in [-0.3, -0.25) is 0 Å². The summed E-state index contributed by atoms with van der Waals surface area (Å²) in [5.74, 6) is 4.30. The molecule has 5 aromatic carbocycles. The van der Waals surface area contributed by atoms with E-state index in [9.17, 15) is 0 Å². The summed E-state index contributed by atoms with van der Waals surface area (Å²) in [6.45, 7) is 14.8. The van der Waals surface area contributed by atoms with E-state index in [1.165, 1.54) is 60.4 Å². The van der Waals surface area contributed by atoms with Crippen molar-refractivity contribution >= 4 is 33.2 Å². The number of benzene rings is 5. The summed E-state index contributed by atoms with van der Waals surface area (Å²) in [6, 6.07) is 39.3. The molecule has 2 aromatic heterocycles. The topological polar surface area (TPSA) is 52.3 Å². The third-order valence-corrected chi connectivity index (χ3v) is 11.8. The van der Waals surface area contributed by atoms with Gasteiger partial charge in [-0.15, -0.1) is 0 Å². The molecule has 6 nitrogen and oxygen atoms in total. The summed E-state index contributed by atoms with van der Waals surface area (Å²) < 4.78 is 2.42. The van der Waals surface area contributed by atoms with Crippen LogP contribution in [-0.2, 0) is 5.41 Å². The minimum Gasteiger partial charge on any atom is -0.309 e. The van der Waals surface area contributed by atoms with Gasteiger partial charge in [-0.2, -0.15) is 0 Å². The number of aromatic nitrogens is 4. The van der Waals surface area contributed by atoms with Gasteiger partial charge in [0, 0.05) is 33.2 Å². The lowest BCUT2D eigenvalue weighted by Crippen LogP contribution is -2.48. The smallest absolute Gasteiger partial charge is 0.187 e. The molecule has 0 aliphatic heterocycles. The summed E-state index contributed by atoms with van der Waals surface area (Å²) in [5, 5.41) is 2.46. The zero-order valence-corrected chi connectivity index (χ0v) is 28.1. The average molecular weight is 659 g/mol. The molecule has 4 aliphatic carbocycles. The molecule has 6 heteroatoms. The number of fused-ring (bicyclic) bond motifs is 3. The Morgan fingerprint density at radius 3 is 1.53 bits per heavy atom. The minimum atomic E-state index is 0.309. The highest BCUT2D eigenvalue weighted by Crippen LogP contribution is 2.61. The van der Waals surface area contributed by atoms with Gasteiger partial charge in [-0.05, 0) is 91.5 Å². The predicted octanol–water partition coefficient (Wildman–Crippen LogP) is 11.5. The van der Waals surface area contributed by atoms with Crippen LogP contribution in [0.25, 0.3) is 71.3 Å². The first-order valence-corrected chi connectivity index (χ1v) is 17.9. The molecule has 11 rings (SSSR count). The fourth-order valence-corrected chi connectivity index (χ4v) is 9.94. The first kappa shape index (κ1) is 29.8. The average Bonchev–Trinajstić information content (AvgIpc) is 3.50. The SMILES string of the molecule is [C-]#[N+]c1ccc(-c2nc(-c3ccc([N+]#[C-])cc3)nc(-c3ccc4c5ccc(C67CC8CC(CC(C8)C6)C7)cc5n(-c5ccccc5)c4c3)n2)cc1. The van der Waals surface area contributed by atoms with Crippen molar-refractivity contribution in [3.8, 4) is 39.9 Å². The van der Waals surface area contributed by atoms with E-state index in [2.05, 4.69) is 81.0 Å². The lowest BCUT2D eigenvalue weighted by molar-refractivity contribution is -0.00513. The third-order valence-electron chi connectivity index (χ3n) is 11.8. The highest BCUT2D eigenvalue weighted by molar-refractivity contribution is 6.10. The van der Waals surface area contributed by atoms with Crippen LogP contribution in [0.2, 0.25) is 0 Å². The molecule has 0 N–H and O–H groups in total. The van der Waals surface area contributed by atoms with Crippen LogP contribution in [-0.4, -0.2) is 19.5 Å². The van der Waals surface area contributed by atoms with Gasteiger partial charge in [0.25, 0.3) is 0 Å². The van der Waals surface area contributed by atoms with Crippen molar-refractivity contribution < 1.29 is 0 Å². The maximum Gasteiger partial charge on any atom is 0.187 e. The zero-order chi connectivity index (χ0) is 34.1. The van der Waals surface area contributed by atoms with E-state index in [4.69, 9.17) is 28.1 Å². The van der Waals surface area contributed by atoms with Gasteiger partial charge in [0.05, 0.1) is 24.2 Å². The van der Waals surface area contributed by atoms with Crippen LogP contribution in [0.5, 0.6) is 0 Å². The van der Waals surface area contributed by atoms with Gasteiger partial charge in [-0.25, -0.2) is 24.6 Å². The molecule has 4 aliphatic rings. The van der Waals surface area contributed by atoms with Crippen LogP contribution in [0, 0.1) is 30.9 Å². The quantitative estimate of drug-likeness (QED) is 0.173. The van der Waals surface area contributed by atoms with E-state index in [0.717, 1.165) is 45.6 Å². The Hall–Kier alpha value is -6.11. The lowest BCUT2D eigenvalue weighted by Gasteiger charge is -2.57. The van der Waals surface area contributed by atoms with Crippen molar-refractivity contribution in [2.24, 2.45) is 17.8 Å². The Morgan fingerprint density at radius 1 is 0.529 bits per heavy atom. The molecule has 0 unspecified atom stereocenters. The Balaban J connectivity index is 1.16. The first-order valence-electron chi connectivity index (χ1n) is 17.9. The Labute approximate surface area is 297 Å². The molecular weight excluding hydrogens is 625 g/mol. The third kappa shape index (κ3) is 4.94. The summed E-state index contributed by atoms with van der Waals surface area (Å²) >= 11 is 0. The summed E-state index contributed by atoms with van der Waals surface area (Å²) in [4.78, 5) is 22.0. The van der Waals surface area contributed by atoms with E-state index in [1.807, 2.05) is 24.3 Å². The second kappa shape index (κ2) is 11.5. The number of hydrogen-bond acceptors (Lipinski definition) is 3. The molecule has 7 aromatic rings. The van der Waals surface area contributed by atoms with E-state index in [0.29, 0.717) is 34.3 Å². The van der Waals surface area contributed by atoms with Crippen molar-refractivity contribution in [2.45, 2.75) is 43.9 Å². The van der Waals surface area contributed by atoms with Crippen LogP contribution in [0.15, 0.2) is 115 Å². The fourth-order valence-electron chi connectivity index (χ4n) is 9.94. The van der Waals surface area contributed by atoms with Crippen molar-refractivity contribution in [2.75, 3.05) is 0 Å². The van der Waals surface area contributed by atoms with Crippen LogP contribution in [0.1, 0.15) is 44.1 Å². The maximum absolute atomic E-state index is 7.39. The van der Waals surface area contributed by atoms with Gasteiger partial charge < -0.3 is 4.57 Å². The van der Waals surface area contributed by atoms with Crippen LogP contribution in [0.3, 0.4) is 0 Å². The Bertz CT molecular complexity index is 2460. The number of nitrogens with zero attached hydrogens (tertiary/aromatic N) is 6. The van der Waals surface area contributed by atoms with Gasteiger partial charge >= 0.3 is 0 Å². The van der Waals surface area contributed by atoms with Crippen molar-refractivity contribution in [3.63, 3.8) is 0 Å². The fraction of sp³-hybridized carbons (Fsp3) is 0.222. The molecule has 0 atom stereocenters. The molecule has 0 saturated heterocycles. The molecule has 4 bridgehead atoms. The zero-order valence-electron chi connectivity index (χ0n) is 28.1. The van der Waals surface area contributed by atoms with Crippen LogP contribution in [0.4, 0.5) is 11.4 Å². The van der Waals surface area contributed by atoms with E-state index < -0.39 is 0 Å². The predicted molar refractivity (Wildman–Crippen MR) is 203 cm³/mol. The normalized spacial score (nSPS) is 21.9. The van der Waals surface area contributed by atoms with Crippen molar-refractivity contribution in [1.29, 1.82) is 0 Å². The van der Waals surface area contributed by atoms with Crippen molar-refractivity contribution in [1.82, 2.24) is 19.5 Å². The Morgan fingerprint density at radius 2 is 1.00 bits per heavy atom. The van der Waals surface area contributed by atoms with Gasteiger partial charge in [-0.1, -0.05) is 91.0 Å². The summed E-state index contributed by atoms with van der Waals surface area (Å²) in [5.41, 5.74) is 8.96. The molecule has 51 heavy (non-hydrogen) atoms. The van der Waals surface area contributed by atoms with Gasteiger partial charge in [0.15, 0.2) is 28.8 Å². The molecule has 0 amide bonds. The molecule has 2 heterocycles. The van der Waals surface area contributed by atoms with Gasteiger partial charge in [0.1, 0.15) is 0 Å². The molecule has 4 saturated carbocycles. The summed E-state index contributed by atoms with van der Waals surface area (Å²) in [7, 11) is 0. The van der Waals surface area contributed by atoms with Crippen LogP contribution >= 0.6 is 0 Å². The lowest BCUT2D eigenvalue weighted by atomic mass is 9.48. The van der Waals surface area contributed by atoms with Gasteiger partial charge in [0.2, 0.25) is 0 Å². The summed E-state index contributed by atoms with van der Waals surface area (Å²) in [6.07, 6.45) is 8.33. The second-order valence-electron chi connectivity index (χ2n) is 15.0. The first-order chi connectivity index (χ1) is 25.1. The highest BCUT2D eigenvalue weighted by Gasteiger charge is 2.51. The molecule has 244 valence electrons. The molecule has 0 radical (unpaired) electrons. The van der Waals surface area contributed by atoms with Crippen LogP contribution < -0.4 is 0 Å². The molecule has 4 fully saturated rings. The number of rotatable bonds is 5. The standard InChI is InChI=1S/C45H34N6/c1-46-35-14-8-31(9-15-35)42-48-43(32-10-16-36(47-2)17-11-32)50-44(49-42)33-12-18-38-39-19-13-34(45-25-28-20-29(26-45)22-30(21-28)27-45)24-41(39)51(40(38)23-33)37-6-4-3-5-7-37/h3-19,23-24,28-30H,20-22,25-27H2. The maximum atomic E-state index is 7.39. The molecular formula is C45H34N6. The van der Waals surface area contributed by atoms with Crippen molar-refractivity contribution in [3.05, 3.63) is 144 Å². The minimum absolute atomic E-state index is 0.309. The Kier molecular flexibility index (Phi) is 6.70. The highest BCUT2D eigenvalue weighted by atomic mass is 15.0.